The standard InChI is InChI=1S/C44H54O13/c45-19-21-49-27-29-54-42(34-57-40-17-13-38(14-18-40)44(48)36-9-5-2-6-10-36)32-53-26-25-50-23-24-51-28-30-55-41(31-52-22-20-46)33-56-39-15-11-37(12-16-39)43(47)35-7-3-1-4-8-35/h1-18,41-42,45-46H,19-34H2. The third-order valence-corrected chi connectivity index (χ3v) is 8.16. The number of rotatable bonds is 32. The second-order valence-corrected chi connectivity index (χ2v) is 12.5. The molecule has 2 atom stereocenters. The van der Waals surface area contributed by atoms with Crippen LogP contribution in [0.1, 0.15) is 31.8 Å². The minimum Gasteiger partial charge on any atom is -0.491 e. The van der Waals surface area contributed by atoms with Crippen molar-refractivity contribution in [2.45, 2.75) is 12.2 Å². The lowest BCUT2D eigenvalue weighted by molar-refractivity contribution is -0.0701. The van der Waals surface area contributed by atoms with Gasteiger partial charge in [0.15, 0.2) is 11.6 Å². The maximum atomic E-state index is 12.7. The van der Waals surface area contributed by atoms with E-state index in [4.69, 9.17) is 52.8 Å². The molecule has 0 aliphatic heterocycles. The van der Waals surface area contributed by atoms with Crippen LogP contribution in [-0.2, 0) is 33.2 Å². The molecule has 13 heteroatoms. The summed E-state index contributed by atoms with van der Waals surface area (Å²) >= 11 is 0. The SMILES string of the molecule is O=C(c1ccccc1)c1ccc(OCC(COCCO)OCCOCCOCCOCC(COc2ccc(C(=O)c3ccccc3)cc2)OCCOCCO)cc1. The van der Waals surface area contributed by atoms with Crippen molar-refractivity contribution in [1.29, 1.82) is 0 Å². The summed E-state index contributed by atoms with van der Waals surface area (Å²) in [5.74, 6) is 1.06. The summed E-state index contributed by atoms with van der Waals surface area (Å²) in [6.07, 6.45) is -0.794. The molecule has 4 rings (SSSR count). The van der Waals surface area contributed by atoms with Gasteiger partial charge in [-0.3, -0.25) is 9.59 Å². The van der Waals surface area contributed by atoms with Crippen molar-refractivity contribution >= 4 is 11.6 Å². The summed E-state index contributed by atoms with van der Waals surface area (Å²) in [6, 6.07) is 32.1. The first-order chi connectivity index (χ1) is 28.1. The number of benzene rings is 4. The van der Waals surface area contributed by atoms with Gasteiger partial charge in [-0.2, -0.15) is 0 Å². The van der Waals surface area contributed by atoms with Crippen LogP contribution in [0.15, 0.2) is 109 Å². The molecule has 0 saturated carbocycles. The highest BCUT2D eigenvalue weighted by molar-refractivity contribution is 6.09. The molecular formula is C44H54O13. The number of aliphatic hydroxyl groups is 2. The van der Waals surface area contributed by atoms with Gasteiger partial charge in [0.25, 0.3) is 0 Å². The van der Waals surface area contributed by atoms with E-state index in [1.54, 1.807) is 72.8 Å². The van der Waals surface area contributed by atoms with Crippen molar-refractivity contribution < 1.29 is 62.4 Å². The highest BCUT2D eigenvalue weighted by Gasteiger charge is 2.15. The Labute approximate surface area is 334 Å². The van der Waals surface area contributed by atoms with Crippen LogP contribution in [0.4, 0.5) is 0 Å². The van der Waals surface area contributed by atoms with Gasteiger partial charge in [0, 0.05) is 22.3 Å². The largest absolute Gasteiger partial charge is 0.491 e. The summed E-state index contributed by atoms with van der Waals surface area (Å²) in [5, 5.41) is 18.0. The lowest BCUT2D eigenvalue weighted by Crippen LogP contribution is -2.29. The predicted octanol–water partition coefficient (Wildman–Crippen LogP) is 4.44. The van der Waals surface area contributed by atoms with Crippen molar-refractivity contribution in [2.75, 3.05) is 106 Å². The number of hydrogen-bond acceptors (Lipinski definition) is 13. The smallest absolute Gasteiger partial charge is 0.193 e. The Morgan fingerprint density at radius 2 is 0.719 bits per heavy atom. The monoisotopic (exact) mass is 790 g/mol. The molecule has 0 saturated heterocycles. The van der Waals surface area contributed by atoms with Crippen LogP contribution in [0, 0.1) is 0 Å². The Hall–Kier alpha value is -4.54. The first-order valence-electron chi connectivity index (χ1n) is 19.1. The second kappa shape index (κ2) is 28.0. The molecule has 57 heavy (non-hydrogen) atoms. The molecule has 308 valence electrons. The van der Waals surface area contributed by atoms with E-state index in [0.717, 1.165) is 0 Å². The quantitative estimate of drug-likeness (QED) is 0.0529. The molecule has 0 aliphatic carbocycles. The zero-order valence-electron chi connectivity index (χ0n) is 32.2. The van der Waals surface area contributed by atoms with Gasteiger partial charge >= 0.3 is 0 Å². The first kappa shape index (κ1) is 45.2. The molecule has 0 bridgehead atoms. The van der Waals surface area contributed by atoms with Crippen LogP contribution >= 0.6 is 0 Å². The van der Waals surface area contributed by atoms with Crippen LogP contribution in [0.2, 0.25) is 0 Å². The third kappa shape index (κ3) is 18.1. The second-order valence-electron chi connectivity index (χ2n) is 12.5. The predicted molar refractivity (Wildman–Crippen MR) is 211 cm³/mol. The van der Waals surface area contributed by atoms with E-state index in [0.29, 0.717) is 86.6 Å². The molecule has 13 nitrogen and oxygen atoms in total. The summed E-state index contributed by atoms with van der Waals surface area (Å²) < 4.78 is 51.5. The van der Waals surface area contributed by atoms with E-state index < -0.39 is 12.2 Å². The van der Waals surface area contributed by atoms with Crippen molar-refractivity contribution in [3.8, 4) is 11.5 Å². The average Bonchev–Trinajstić information content (AvgIpc) is 3.26. The summed E-state index contributed by atoms with van der Waals surface area (Å²) in [7, 11) is 0. The Bertz CT molecular complexity index is 1640. The molecular weight excluding hydrogens is 736 g/mol. The molecule has 0 radical (unpaired) electrons. The lowest BCUT2D eigenvalue weighted by Gasteiger charge is -2.19. The maximum Gasteiger partial charge on any atom is 0.193 e. The number of hydrogen-bond donors (Lipinski definition) is 2. The fourth-order valence-corrected chi connectivity index (χ4v) is 5.23. The van der Waals surface area contributed by atoms with Crippen molar-refractivity contribution in [1.82, 2.24) is 0 Å². The van der Waals surface area contributed by atoms with E-state index in [1.165, 1.54) is 0 Å². The number of ether oxygens (including phenoxy) is 9. The maximum absolute atomic E-state index is 12.7. The van der Waals surface area contributed by atoms with Crippen molar-refractivity contribution in [3.05, 3.63) is 131 Å². The fourth-order valence-electron chi connectivity index (χ4n) is 5.23. The molecule has 0 aromatic heterocycles. The minimum atomic E-state index is -0.401. The van der Waals surface area contributed by atoms with Gasteiger partial charge in [-0.25, -0.2) is 0 Å². The Balaban J connectivity index is 1.08. The zero-order chi connectivity index (χ0) is 40.2. The van der Waals surface area contributed by atoms with Gasteiger partial charge in [0.05, 0.1) is 92.5 Å². The Kier molecular flexibility index (Phi) is 22.2. The van der Waals surface area contributed by atoms with Crippen LogP contribution in [-0.4, -0.2) is 140 Å². The molecule has 0 amide bonds. The van der Waals surface area contributed by atoms with E-state index in [9.17, 15) is 9.59 Å². The average molecular weight is 791 g/mol. The molecule has 0 heterocycles. The van der Waals surface area contributed by atoms with Crippen LogP contribution in [0.3, 0.4) is 0 Å². The highest BCUT2D eigenvalue weighted by Crippen LogP contribution is 2.18. The lowest BCUT2D eigenvalue weighted by atomic mass is 10.0. The number of carbonyl (C=O) groups is 2. The van der Waals surface area contributed by atoms with Gasteiger partial charge in [-0.15, -0.1) is 0 Å². The molecule has 4 aromatic rings. The summed E-state index contributed by atoms with van der Waals surface area (Å²) in [4.78, 5) is 25.4. The minimum absolute atomic E-state index is 0.0609. The molecule has 0 spiro atoms. The number of aliphatic hydroxyl groups excluding tert-OH is 2. The van der Waals surface area contributed by atoms with Gasteiger partial charge in [-0.05, 0) is 48.5 Å². The van der Waals surface area contributed by atoms with Crippen molar-refractivity contribution in [2.24, 2.45) is 0 Å². The van der Waals surface area contributed by atoms with E-state index in [2.05, 4.69) is 0 Å². The van der Waals surface area contributed by atoms with Crippen LogP contribution < -0.4 is 9.47 Å². The molecule has 2 N–H and O–H groups in total. The summed E-state index contributed by atoms with van der Waals surface area (Å²) in [6.45, 7) is 3.85. The van der Waals surface area contributed by atoms with E-state index in [-0.39, 0.29) is 64.4 Å². The third-order valence-electron chi connectivity index (χ3n) is 8.16. The number of carbonyl (C=O) groups excluding carboxylic acids is 2. The van der Waals surface area contributed by atoms with Crippen molar-refractivity contribution in [3.63, 3.8) is 0 Å². The highest BCUT2D eigenvalue weighted by atomic mass is 16.6. The van der Waals surface area contributed by atoms with Gasteiger partial charge < -0.3 is 52.8 Å². The Morgan fingerprint density at radius 3 is 1.14 bits per heavy atom. The first-order valence-corrected chi connectivity index (χ1v) is 19.1. The fraction of sp³-hybridized carbons (Fsp3) is 0.409. The zero-order valence-corrected chi connectivity index (χ0v) is 32.2. The van der Waals surface area contributed by atoms with Crippen LogP contribution in [0.25, 0.3) is 0 Å². The topological polar surface area (TPSA) is 158 Å². The van der Waals surface area contributed by atoms with E-state index in [1.807, 2.05) is 36.4 Å². The van der Waals surface area contributed by atoms with Gasteiger partial charge in [0.2, 0.25) is 0 Å². The molecule has 0 aliphatic rings. The van der Waals surface area contributed by atoms with E-state index >= 15 is 0 Å². The molecule has 4 aromatic carbocycles. The molecule has 2 unspecified atom stereocenters. The molecule has 0 fully saturated rings. The normalized spacial score (nSPS) is 12.2. The summed E-state index contributed by atoms with van der Waals surface area (Å²) in [5.41, 5.74) is 2.38. The Morgan fingerprint density at radius 1 is 0.386 bits per heavy atom. The van der Waals surface area contributed by atoms with Gasteiger partial charge in [-0.1, -0.05) is 60.7 Å². The van der Waals surface area contributed by atoms with Crippen LogP contribution in [0.5, 0.6) is 11.5 Å². The number of ketones is 2. The van der Waals surface area contributed by atoms with Gasteiger partial charge in [0.1, 0.15) is 36.9 Å².